The topological polar surface area (TPSA) is 63.0 Å². The summed E-state index contributed by atoms with van der Waals surface area (Å²) in [6.45, 7) is 0. The number of methoxy groups -OCH3 is 1. The summed E-state index contributed by atoms with van der Waals surface area (Å²) in [5.74, 6) is -0.287. The Morgan fingerprint density at radius 2 is 2.00 bits per heavy atom. The van der Waals surface area contributed by atoms with Gasteiger partial charge in [0.15, 0.2) is 5.78 Å². The normalized spacial score (nSPS) is 25.7. The van der Waals surface area contributed by atoms with Crippen molar-refractivity contribution in [2.75, 3.05) is 7.11 Å². The van der Waals surface area contributed by atoms with Gasteiger partial charge in [0.1, 0.15) is 11.7 Å². The number of rotatable bonds is 2. The molecule has 1 aromatic rings. The van der Waals surface area contributed by atoms with Crippen LogP contribution in [0.2, 0.25) is 0 Å². The first-order valence-corrected chi connectivity index (χ1v) is 8.04. The molecule has 0 amide bonds. The van der Waals surface area contributed by atoms with Gasteiger partial charge in [0.25, 0.3) is 0 Å². The number of carbonyl (C=O) groups excluding carboxylic acids is 1. The van der Waals surface area contributed by atoms with Crippen LogP contribution in [0.5, 0.6) is 0 Å². The van der Waals surface area contributed by atoms with Crippen molar-refractivity contribution in [3.63, 3.8) is 0 Å². The number of hydrogen-bond donors (Lipinski definition) is 0. The summed E-state index contributed by atoms with van der Waals surface area (Å²) in [7, 11) is 1.29. The standard InChI is InChI=1S/C18H17F3N2O2/c1-25-17(14-13(18(19,20)21)5-4-8-23-14)9-12(10-22)15(24)16(11-17)6-2-3-7-16/h4-5,8-9H,2-3,6-7,11H2,1H3. The summed E-state index contributed by atoms with van der Waals surface area (Å²) in [6.07, 6.45) is 0.644. The molecule has 1 fully saturated rings. The number of nitrogens with zero attached hydrogens (tertiary/aromatic N) is 2. The number of nitriles is 1. The SMILES string of the molecule is COC1(c2ncccc2C(F)(F)F)C=C(C#N)C(=O)C2(CCCC2)C1. The summed E-state index contributed by atoms with van der Waals surface area (Å²) in [6, 6.07) is 4.00. The summed E-state index contributed by atoms with van der Waals surface area (Å²) >= 11 is 0. The Labute approximate surface area is 143 Å². The highest BCUT2D eigenvalue weighted by Crippen LogP contribution is 2.54. The number of pyridine rings is 1. The van der Waals surface area contributed by atoms with Crippen molar-refractivity contribution >= 4 is 5.78 Å². The zero-order valence-corrected chi connectivity index (χ0v) is 13.7. The van der Waals surface area contributed by atoms with E-state index in [-0.39, 0.29) is 23.5 Å². The highest BCUT2D eigenvalue weighted by molar-refractivity contribution is 6.04. The Morgan fingerprint density at radius 1 is 1.32 bits per heavy atom. The summed E-state index contributed by atoms with van der Waals surface area (Å²) < 4.78 is 46.0. The Kier molecular flexibility index (Phi) is 4.20. The number of ketones is 1. The molecular formula is C18H17F3N2O2. The van der Waals surface area contributed by atoms with Gasteiger partial charge in [-0.05, 0) is 37.5 Å². The fourth-order valence-electron chi connectivity index (χ4n) is 4.11. The molecule has 1 saturated carbocycles. The van der Waals surface area contributed by atoms with Crippen molar-refractivity contribution in [3.8, 4) is 6.07 Å². The molecule has 0 N–H and O–H groups in total. The summed E-state index contributed by atoms with van der Waals surface area (Å²) in [5, 5.41) is 9.37. The fraction of sp³-hybridized carbons (Fsp3) is 0.500. The smallest absolute Gasteiger partial charge is 0.368 e. The quantitative estimate of drug-likeness (QED) is 0.811. The number of halogens is 3. The number of hydrogen-bond acceptors (Lipinski definition) is 4. The van der Waals surface area contributed by atoms with E-state index in [1.807, 2.05) is 6.07 Å². The van der Waals surface area contributed by atoms with Gasteiger partial charge in [0.2, 0.25) is 0 Å². The lowest BCUT2D eigenvalue weighted by atomic mass is 9.65. The van der Waals surface area contributed by atoms with Crippen LogP contribution < -0.4 is 0 Å². The third-order valence-electron chi connectivity index (χ3n) is 5.26. The first-order chi connectivity index (χ1) is 11.8. The molecule has 1 heterocycles. The van der Waals surface area contributed by atoms with Gasteiger partial charge in [-0.3, -0.25) is 9.78 Å². The maximum atomic E-state index is 13.5. The Morgan fingerprint density at radius 3 is 2.56 bits per heavy atom. The van der Waals surface area contributed by atoms with E-state index in [2.05, 4.69) is 4.98 Å². The monoisotopic (exact) mass is 350 g/mol. The maximum Gasteiger partial charge on any atom is 0.418 e. The third-order valence-corrected chi connectivity index (χ3v) is 5.26. The molecule has 2 aliphatic carbocycles. The molecule has 25 heavy (non-hydrogen) atoms. The predicted molar refractivity (Wildman–Crippen MR) is 82.1 cm³/mol. The zero-order valence-electron chi connectivity index (χ0n) is 13.7. The molecule has 0 saturated heterocycles. The molecule has 4 nitrogen and oxygen atoms in total. The van der Waals surface area contributed by atoms with Crippen LogP contribution in [0.15, 0.2) is 30.0 Å². The third kappa shape index (κ3) is 2.74. The molecule has 132 valence electrons. The van der Waals surface area contributed by atoms with Crippen molar-refractivity contribution in [1.82, 2.24) is 4.98 Å². The lowest BCUT2D eigenvalue weighted by Crippen LogP contribution is -2.45. The van der Waals surface area contributed by atoms with Crippen LogP contribution in [-0.2, 0) is 21.3 Å². The molecule has 1 atom stereocenters. The fourth-order valence-corrected chi connectivity index (χ4v) is 4.11. The van der Waals surface area contributed by atoms with Gasteiger partial charge in [0, 0.05) is 18.7 Å². The zero-order chi connectivity index (χ0) is 18.3. The van der Waals surface area contributed by atoms with Gasteiger partial charge in [-0.1, -0.05) is 12.8 Å². The van der Waals surface area contributed by atoms with Crippen LogP contribution in [-0.4, -0.2) is 17.9 Å². The Hall–Kier alpha value is -2.20. The van der Waals surface area contributed by atoms with Crippen molar-refractivity contribution in [2.24, 2.45) is 5.41 Å². The van der Waals surface area contributed by atoms with E-state index >= 15 is 0 Å². The minimum Gasteiger partial charge on any atom is -0.368 e. The van der Waals surface area contributed by atoms with Crippen LogP contribution in [0.1, 0.15) is 43.4 Å². The molecule has 3 rings (SSSR count). The lowest BCUT2D eigenvalue weighted by Gasteiger charge is -2.42. The minimum atomic E-state index is -4.61. The van der Waals surface area contributed by atoms with Crippen molar-refractivity contribution < 1.29 is 22.7 Å². The predicted octanol–water partition coefficient (Wildman–Crippen LogP) is 3.93. The van der Waals surface area contributed by atoms with Gasteiger partial charge >= 0.3 is 6.18 Å². The molecule has 0 aliphatic heterocycles. The van der Waals surface area contributed by atoms with Crippen LogP contribution in [0.3, 0.4) is 0 Å². The van der Waals surface area contributed by atoms with E-state index in [1.165, 1.54) is 25.4 Å². The maximum absolute atomic E-state index is 13.5. The number of carbonyl (C=O) groups is 1. The largest absolute Gasteiger partial charge is 0.418 e. The van der Waals surface area contributed by atoms with Gasteiger partial charge in [-0.25, -0.2) is 0 Å². The second-order valence-electron chi connectivity index (χ2n) is 6.65. The highest BCUT2D eigenvalue weighted by atomic mass is 19.4. The second kappa shape index (κ2) is 5.95. The summed E-state index contributed by atoms with van der Waals surface area (Å²) in [5.41, 5.74) is -3.75. The van der Waals surface area contributed by atoms with E-state index < -0.39 is 22.8 Å². The van der Waals surface area contributed by atoms with E-state index in [0.717, 1.165) is 18.9 Å². The molecule has 7 heteroatoms. The Bertz CT molecular complexity index is 773. The number of aromatic nitrogens is 1. The van der Waals surface area contributed by atoms with Gasteiger partial charge in [-0.15, -0.1) is 0 Å². The number of allylic oxidation sites excluding steroid dienone is 1. The minimum absolute atomic E-state index is 0.0700. The molecule has 0 bridgehead atoms. The molecule has 2 aliphatic rings. The first kappa shape index (κ1) is 17.6. The van der Waals surface area contributed by atoms with Crippen molar-refractivity contribution in [1.29, 1.82) is 5.26 Å². The summed E-state index contributed by atoms with van der Waals surface area (Å²) in [4.78, 5) is 16.7. The van der Waals surface area contributed by atoms with E-state index in [0.29, 0.717) is 12.8 Å². The van der Waals surface area contributed by atoms with Gasteiger partial charge in [0.05, 0.1) is 16.8 Å². The van der Waals surface area contributed by atoms with E-state index in [9.17, 15) is 23.2 Å². The number of ether oxygens (including phenoxy) is 1. The average Bonchev–Trinajstić information content (AvgIpc) is 3.06. The van der Waals surface area contributed by atoms with E-state index in [4.69, 9.17) is 4.74 Å². The Balaban J connectivity index is 2.24. The van der Waals surface area contributed by atoms with E-state index in [1.54, 1.807) is 0 Å². The van der Waals surface area contributed by atoms with Gasteiger partial charge < -0.3 is 4.74 Å². The lowest BCUT2D eigenvalue weighted by molar-refractivity contribution is -0.143. The average molecular weight is 350 g/mol. The highest BCUT2D eigenvalue weighted by Gasteiger charge is 2.55. The van der Waals surface area contributed by atoms with Crippen LogP contribution in [0.25, 0.3) is 0 Å². The molecule has 0 aromatic carbocycles. The molecule has 1 aromatic heterocycles. The second-order valence-corrected chi connectivity index (χ2v) is 6.65. The van der Waals surface area contributed by atoms with Crippen LogP contribution in [0, 0.1) is 16.7 Å². The first-order valence-electron chi connectivity index (χ1n) is 8.04. The molecular weight excluding hydrogens is 333 g/mol. The molecule has 1 unspecified atom stereocenters. The van der Waals surface area contributed by atoms with Crippen LogP contribution in [0.4, 0.5) is 13.2 Å². The van der Waals surface area contributed by atoms with Crippen molar-refractivity contribution in [2.45, 2.75) is 43.9 Å². The van der Waals surface area contributed by atoms with Gasteiger partial charge in [-0.2, -0.15) is 18.4 Å². The number of Topliss-reactive ketones (excluding diaryl/α,β-unsaturated/α-hetero) is 1. The van der Waals surface area contributed by atoms with Crippen LogP contribution >= 0.6 is 0 Å². The number of alkyl halides is 3. The molecule has 0 radical (unpaired) electrons. The van der Waals surface area contributed by atoms with Crippen molar-refractivity contribution in [3.05, 3.63) is 41.2 Å². The molecule has 1 spiro atoms.